The molecule has 4 rings (SSSR count). The van der Waals surface area contributed by atoms with Crippen LogP contribution in [-0.2, 0) is 20.9 Å². The predicted octanol–water partition coefficient (Wildman–Crippen LogP) is 1.55. The molecule has 12 heteroatoms. The molecule has 0 bridgehead atoms. The molecule has 2 atom stereocenters. The standard InChI is InChI=1S/C22H24ClN5O5S/c1-32-10-17-22(31)27(7-13-2-3-15-16(6-13)25-12-26-21(15)24)14(9-29)8-28(17)19(30)11-33-20-5-4-18(23)34-20/h2-6,12,14,17,29H,7-11H2,1H3,(H2,24,25,26)/t14-,17+/m1/s1. The van der Waals surface area contributed by atoms with E-state index in [1.807, 2.05) is 12.1 Å². The van der Waals surface area contributed by atoms with Crippen LogP contribution in [0, 0.1) is 0 Å². The van der Waals surface area contributed by atoms with Crippen LogP contribution in [0.4, 0.5) is 5.82 Å². The molecular formula is C22H24ClN5O5S. The first kappa shape index (κ1) is 24.1. The van der Waals surface area contributed by atoms with Crippen LogP contribution in [0.2, 0.25) is 4.34 Å². The van der Waals surface area contributed by atoms with Crippen LogP contribution in [0.1, 0.15) is 5.56 Å². The van der Waals surface area contributed by atoms with Crippen molar-refractivity contribution in [3.05, 3.63) is 46.6 Å². The summed E-state index contributed by atoms with van der Waals surface area (Å²) in [6.07, 6.45) is 1.38. The van der Waals surface area contributed by atoms with Gasteiger partial charge in [-0.1, -0.05) is 29.0 Å². The SMILES string of the molecule is COC[C@H]1C(=O)N(Cc2ccc3c(N)ncnc3c2)[C@@H](CO)CN1C(=O)COc1ccc(Cl)s1. The van der Waals surface area contributed by atoms with Crippen molar-refractivity contribution in [3.8, 4) is 5.06 Å². The number of piperazine rings is 1. The first-order valence-electron chi connectivity index (χ1n) is 10.5. The fourth-order valence-electron chi connectivity index (χ4n) is 3.93. The summed E-state index contributed by atoms with van der Waals surface area (Å²) in [4.78, 5) is 37.6. The first-order valence-corrected chi connectivity index (χ1v) is 11.7. The summed E-state index contributed by atoms with van der Waals surface area (Å²) in [5, 5.41) is 11.3. The van der Waals surface area contributed by atoms with Crippen LogP contribution in [-0.4, -0.2) is 82.2 Å². The third kappa shape index (κ3) is 5.07. The van der Waals surface area contributed by atoms with Crippen molar-refractivity contribution < 1.29 is 24.2 Å². The quantitative estimate of drug-likeness (QED) is 0.471. The van der Waals surface area contributed by atoms with E-state index in [1.54, 1.807) is 23.1 Å². The van der Waals surface area contributed by atoms with E-state index in [2.05, 4.69) is 9.97 Å². The summed E-state index contributed by atoms with van der Waals surface area (Å²) in [6, 6.07) is 7.40. The number of aromatic nitrogens is 2. The molecule has 1 aliphatic rings. The summed E-state index contributed by atoms with van der Waals surface area (Å²) >= 11 is 7.12. The van der Waals surface area contributed by atoms with Crippen LogP contribution >= 0.6 is 22.9 Å². The zero-order chi connectivity index (χ0) is 24.2. The van der Waals surface area contributed by atoms with E-state index in [0.717, 1.165) is 10.9 Å². The molecule has 10 nitrogen and oxygen atoms in total. The fourth-order valence-corrected chi connectivity index (χ4v) is 4.80. The number of thiophene rings is 1. The van der Waals surface area contributed by atoms with Crippen LogP contribution in [0.3, 0.4) is 0 Å². The van der Waals surface area contributed by atoms with Crippen molar-refractivity contribution in [2.24, 2.45) is 0 Å². The largest absolute Gasteiger partial charge is 0.474 e. The van der Waals surface area contributed by atoms with Crippen LogP contribution in [0.25, 0.3) is 10.9 Å². The molecule has 0 spiro atoms. The molecule has 0 saturated carbocycles. The molecule has 34 heavy (non-hydrogen) atoms. The molecule has 180 valence electrons. The molecule has 0 radical (unpaired) electrons. The Morgan fingerprint density at radius 1 is 1.32 bits per heavy atom. The molecule has 2 amide bonds. The maximum Gasteiger partial charge on any atom is 0.261 e. The van der Waals surface area contributed by atoms with Gasteiger partial charge in [0.1, 0.15) is 18.2 Å². The smallest absolute Gasteiger partial charge is 0.261 e. The monoisotopic (exact) mass is 505 g/mol. The lowest BCUT2D eigenvalue weighted by Crippen LogP contribution is -2.65. The zero-order valence-corrected chi connectivity index (χ0v) is 20.0. The number of aliphatic hydroxyl groups is 1. The Hall–Kier alpha value is -2.99. The number of hydrogen-bond acceptors (Lipinski definition) is 9. The Kier molecular flexibility index (Phi) is 7.47. The molecule has 1 saturated heterocycles. The van der Waals surface area contributed by atoms with E-state index >= 15 is 0 Å². The molecule has 1 aromatic carbocycles. The van der Waals surface area contributed by atoms with Gasteiger partial charge in [0.2, 0.25) is 5.91 Å². The third-order valence-corrected chi connectivity index (χ3v) is 6.76. The number of nitrogens with zero attached hydrogens (tertiary/aromatic N) is 4. The van der Waals surface area contributed by atoms with E-state index in [9.17, 15) is 14.7 Å². The van der Waals surface area contributed by atoms with E-state index < -0.39 is 12.1 Å². The number of hydrogen-bond donors (Lipinski definition) is 2. The van der Waals surface area contributed by atoms with Crippen molar-refractivity contribution in [2.45, 2.75) is 18.6 Å². The number of amides is 2. The Bertz CT molecular complexity index is 1190. The number of nitrogen functional groups attached to an aromatic ring is 1. The highest BCUT2D eigenvalue weighted by Crippen LogP contribution is 2.28. The molecule has 3 heterocycles. The number of nitrogens with two attached hydrogens (primary N) is 1. The average molecular weight is 506 g/mol. The van der Waals surface area contributed by atoms with Crippen molar-refractivity contribution in [2.75, 3.05) is 39.2 Å². The fraction of sp³-hybridized carbons (Fsp3) is 0.364. The number of ether oxygens (including phenoxy) is 2. The topological polar surface area (TPSA) is 131 Å². The first-order chi connectivity index (χ1) is 16.4. The summed E-state index contributed by atoms with van der Waals surface area (Å²) in [5.41, 5.74) is 7.37. The maximum atomic E-state index is 13.4. The zero-order valence-electron chi connectivity index (χ0n) is 18.4. The van der Waals surface area contributed by atoms with E-state index in [-0.39, 0.29) is 44.7 Å². The molecule has 1 fully saturated rings. The molecule has 0 unspecified atom stereocenters. The number of halogens is 1. The van der Waals surface area contributed by atoms with E-state index in [1.165, 1.54) is 29.7 Å². The molecule has 0 aliphatic carbocycles. The summed E-state index contributed by atoms with van der Waals surface area (Å²) in [7, 11) is 1.47. The van der Waals surface area contributed by atoms with Gasteiger partial charge >= 0.3 is 0 Å². The lowest BCUT2D eigenvalue weighted by Gasteiger charge is -2.45. The van der Waals surface area contributed by atoms with Crippen molar-refractivity contribution in [1.82, 2.24) is 19.8 Å². The highest BCUT2D eigenvalue weighted by molar-refractivity contribution is 7.17. The average Bonchev–Trinajstić information content (AvgIpc) is 3.25. The minimum atomic E-state index is -0.839. The Morgan fingerprint density at radius 2 is 2.15 bits per heavy atom. The van der Waals surface area contributed by atoms with E-state index in [4.69, 9.17) is 26.8 Å². The van der Waals surface area contributed by atoms with Gasteiger partial charge in [0.05, 0.1) is 29.1 Å². The Balaban J connectivity index is 1.52. The number of fused-ring (bicyclic) bond motifs is 1. The third-order valence-electron chi connectivity index (χ3n) is 5.62. The van der Waals surface area contributed by atoms with Gasteiger partial charge in [-0.2, -0.15) is 0 Å². The van der Waals surface area contributed by atoms with Gasteiger partial charge in [-0.25, -0.2) is 9.97 Å². The predicted molar refractivity (Wildman–Crippen MR) is 128 cm³/mol. The van der Waals surface area contributed by atoms with Gasteiger partial charge in [-0.05, 0) is 29.8 Å². The van der Waals surface area contributed by atoms with Crippen LogP contribution < -0.4 is 10.5 Å². The summed E-state index contributed by atoms with van der Waals surface area (Å²) in [6.45, 7) is -0.165. The second-order valence-corrected chi connectivity index (χ2v) is 9.46. The molecule has 1 aliphatic heterocycles. The number of carbonyl (C=O) groups excluding carboxylic acids is 2. The van der Waals surface area contributed by atoms with Gasteiger partial charge < -0.3 is 30.1 Å². The lowest BCUT2D eigenvalue weighted by atomic mass is 10.0. The highest BCUT2D eigenvalue weighted by atomic mass is 35.5. The van der Waals surface area contributed by atoms with Gasteiger partial charge in [0.25, 0.3) is 5.91 Å². The summed E-state index contributed by atoms with van der Waals surface area (Å²) in [5.74, 6) is -0.321. The minimum absolute atomic E-state index is 0.0194. The van der Waals surface area contributed by atoms with Gasteiger partial charge in [0.15, 0.2) is 11.7 Å². The number of anilines is 1. The number of aliphatic hydroxyl groups excluding tert-OH is 1. The van der Waals surface area contributed by atoms with Crippen molar-refractivity contribution >= 4 is 51.5 Å². The maximum absolute atomic E-state index is 13.4. The summed E-state index contributed by atoms with van der Waals surface area (Å²) < 4.78 is 11.3. The Morgan fingerprint density at radius 3 is 2.85 bits per heavy atom. The number of benzene rings is 1. The van der Waals surface area contributed by atoms with Crippen molar-refractivity contribution in [1.29, 1.82) is 0 Å². The Labute approximate surface area is 204 Å². The van der Waals surface area contributed by atoms with E-state index in [0.29, 0.717) is 20.7 Å². The highest BCUT2D eigenvalue weighted by Gasteiger charge is 2.42. The van der Waals surface area contributed by atoms with Crippen molar-refractivity contribution in [3.63, 3.8) is 0 Å². The second kappa shape index (κ2) is 10.5. The molecular weight excluding hydrogens is 482 g/mol. The molecule has 3 aromatic rings. The minimum Gasteiger partial charge on any atom is -0.474 e. The molecule has 2 aromatic heterocycles. The number of methoxy groups -OCH3 is 1. The lowest BCUT2D eigenvalue weighted by molar-refractivity contribution is -0.160. The van der Waals surface area contributed by atoms with Crippen LogP contribution in [0.15, 0.2) is 36.7 Å². The van der Waals surface area contributed by atoms with Crippen LogP contribution in [0.5, 0.6) is 5.06 Å². The second-order valence-electron chi connectivity index (χ2n) is 7.78. The van der Waals surface area contributed by atoms with Gasteiger partial charge in [0, 0.05) is 25.6 Å². The van der Waals surface area contributed by atoms with Gasteiger partial charge in [-0.3, -0.25) is 9.59 Å². The molecule has 3 N–H and O–H groups in total. The number of carbonyl (C=O) groups is 2. The van der Waals surface area contributed by atoms with Gasteiger partial charge in [-0.15, -0.1) is 0 Å². The number of rotatable bonds is 8. The normalized spacial score (nSPS) is 18.5.